The summed E-state index contributed by atoms with van der Waals surface area (Å²) in [5.74, 6) is -0.385. The van der Waals surface area contributed by atoms with Crippen molar-refractivity contribution in [3.8, 4) is 0 Å². The number of rotatable bonds is 2. The second-order valence-electron chi connectivity index (χ2n) is 4.69. The third-order valence-electron chi connectivity index (χ3n) is 3.18. The summed E-state index contributed by atoms with van der Waals surface area (Å²) in [6, 6.07) is 4.97. The Bertz CT molecular complexity index is 453. The summed E-state index contributed by atoms with van der Waals surface area (Å²) in [5.41, 5.74) is 0.506. The van der Waals surface area contributed by atoms with Crippen LogP contribution in [-0.2, 0) is 4.79 Å². The lowest BCUT2D eigenvalue weighted by Crippen LogP contribution is -2.40. The lowest BCUT2D eigenvalue weighted by Gasteiger charge is -2.27. The van der Waals surface area contributed by atoms with Crippen molar-refractivity contribution in [2.45, 2.75) is 25.8 Å². The molecule has 98 valence electrons. The van der Waals surface area contributed by atoms with E-state index in [1.54, 1.807) is 12.1 Å². The summed E-state index contributed by atoms with van der Waals surface area (Å²) in [7, 11) is 0. The van der Waals surface area contributed by atoms with Crippen molar-refractivity contribution in [1.82, 2.24) is 5.32 Å². The minimum absolute atomic E-state index is 0.00737. The zero-order valence-electron chi connectivity index (χ0n) is 10.2. The van der Waals surface area contributed by atoms with Crippen LogP contribution in [-0.4, -0.2) is 18.5 Å². The molecule has 0 spiro atoms. The first-order valence-electron chi connectivity index (χ1n) is 6.05. The molecule has 1 amide bonds. The van der Waals surface area contributed by atoms with Gasteiger partial charge in [0.1, 0.15) is 5.82 Å². The number of benzene rings is 1. The van der Waals surface area contributed by atoms with Crippen molar-refractivity contribution < 1.29 is 9.18 Å². The van der Waals surface area contributed by atoms with Gasteiger partial charge in [-0.3, -0.25) is 4.79 Å². The molecule has 1 aliphatic rings. The van der Waals surface area contributed by atoms with Crippen molar-refractivity contribution in [2.75, 3.05) is 11.9 Å². The van der Waals surface area contributed by atoms with Crippen LogP contribution in [0, 0.1) is 11.7 Å². The SMILES string of the molecule is CC1CC(C(=O)Nc2ccc(Br)c(F)c2)CCN1. The summed E-state index contributed by atoms with van der Waals surface area (Å²) in [6.45, 7) is 2.92. The van der Waals surface area contributed by atoms with Crippen LogP contribution in [0.2, 0.25) is 0 Å². The van der Waals surface area contributed by atoms with E-state index in [1.807, 2.05) is 0 Å². The predicted molar refractivity (Wildman–Crippen MR) is 72.9 cm³/mol. The van der Waals surface area contributed by atoms with Crippen molar-refractivity contribution in [3.05, 3.63) is 28.5 Å². The Morgan fingerprint density at radius 3 is 3.00 bits per heavy atom. The van der Waals surface area contributed by atoms with Gasteiger partial charge in [-0.05, 0) is 60.4 Å². The molecule has 1 aromatic carbocycles. The molecule has 2 rings (SSSR count). The zero-order chi connectivity index (χ0) is 13.1. The third kappa shape index (κ3) is 3.29. The number of piperidine rings is 1. The molecule has 5 heteroatoms. The lowest BCUT2D eigenvalue weighted by molar-refractivity contribution is -0.120. The molecule has 1 aliphatic heterocycles. The van der Waals surface area contributed by atoms with Gasteiger partial charge in [-0.1, -0.05) is 0 Å². The van der Waals surface area contributed by atoms with E-state index in [0.29, 0.717) is 16.2 Å². The number of hydrogen-bond acceptors (Lipinski definition) is 2. The van der Waals surface area contributed by atoms with Gasteiger partial charge in [0.05, 0.1) is 4.47 Å². The van der Waals surface area contributed by atoms with Crippen LogP contribution in [0.15, 0.2) is 22.7 Å². The van der Waals surface area contributed by atoms with E-state index in [9.17, 15) is 9.18 Å². The molecule has 18 heavy (non-hydrogen) atoms. The van der Waals surface area contributed by atoms with E-state index >= 15 is 0 Å². The molecule has 1 heterocycles. The minimum Gasteiger partial charge on any atom is -0.326 e. The summed E-state index contributed by atoms with van der Waals surface area (Å²) >= 11 is 3.08. The molecule has 1 saturated heterocycles. The largest absolute Gasteiger partial charge is 0.326 e. The molecular formula is C13H16BrFN2O. The highest BCUT2D eigenvalue weighted by molar-refractivity contribution is 9.10. The van der Waals surface area contributed by atoms with Gasteiger partial charge >= 0.3 is 0 Å². The first-order valence-corrected chi connectivity index (χ1v) is 6.85. The number of hydrogen-bond donors (Lipinski definition) is 2. The second kappa shape index (κ2) is 5.80. The molecule has 0 bridgehead atoms. The fourth-order valence-corrected chi connectivity index (χ4v) is 2.43. The highest BCUT2D eigenvalue weighted by Gasteiger charge is 2.24. The molecule has 2 N–H and O–H groups in total. The molecule has 2 unspecified atom stereocenters. The maximum atomic E-state index is 13.3. The highest BCUT2D eigenvalue weighted by atomic mass is 79.9. The van der Waals surface area contributed by atoms with Crippen molar-refractivity contribution in [1.29, 1.82) is 0 Å². The highest BCUT2D eigenvalue weighted by Crippen LogP contribution is 2.22. The van der Waals surface area contributed by atoms with Gasteiger partial charge in [-0.25, -0.2) is 4.39 Å². The van der Waals surface area contributed by atoms with E-state index < -0.39 is 0 Å². The quantitative estimate of drug-likeness (QED) is 0.881. The Hall–Kier alpha value is -0.940. The normalized spacial score (nSPS) is 23.7. The summed E-state index contributed by atoms with van der Waals surface area (Å²) in [4.78, 5) is 12.0. The predicted octanol–water partition coefficient (Wildman–Crippen LogP) is 2.91. The third-order valence-corrected chi connectivity index (χ3v) is 3.82. The Morgan fingerprint density at radius 1 is 1.56 bits per heavy atom. The Balaban J connectivity index is 2.00. The van der Waals surface area contributed by atoms with Crippen molar-refractivity contribution >= 4 is 27.5 Å². The van der Waals surface area contributed by atoms with Crippen LogP contribution in [0.5, 0.6) is 0 Å². The standard InChI is InChI=1S/C13H16BrFN2O/c1-8-6-9(4-5-16-8)13(18)17-10-2-3-11(14)12(15)7-10/h2-3,7-9,16H,4-6H2,1H3,(H,17,18). The second-order valence-corrected chi connectivity index (χ2v) is 5.55. The van der Waals surface area contributed by atoms with E-state index in [4.69, 9.17) is 0 Å². The maximum Gasteiger partial charge on any atom is 0.227 e. The molecule has 1 fully saturated rings. The molecule has 0 radical (unpaired) electrons. The van der Waals surface area contributed by atoms with Gasteiger partial charge in [-0.2, -0.15) is 0 Å². The number of anilines is 1. The number of amides is 1. The zero-order valence-corrected chi connectivity index (χ0v) is 11.8. The number of carbonyl (C=O) groups excluding carboxylic acids is 1. The number of nitrogens with one attached hydrogen (secondary N) is 2. The molecule has 2 atom stereocenters. The molecule has 0 aliphatic carbocycles. The Morgan fingerprint density at radius 2 is 2.33 bits per heavy atom. The molecule has 3 nitrogen and oxygen atoms in total. The smallest absolute Gasteiger partial charge is 0.227 e. The van der Waals surface area contributed by atoms with Crippen LogP contribution in [0.3, 0.4) is 0 Å². The fourth-order valence-electron chi connectivity index (χ4n) is 2.19. The summed E-state index contributed by atoms with van der Waals surface area (Å²) in [6.07, 6.45) is 1.65. The van der Waals surface area contributed by atoms with E-state index in [1.165, 1.54) is 6.07 Å². The number of halogens is 2. The lowest BCUT2D eigenvalue weighted by atomic mass is 9.92. The summed E-state index contributed by atoms with van der Waals surface area (Å²) in [5, 5.41) is 6.07. The van der Waals surface area contributed by atoms with Crippen molar-refractivity contribution in [2.24, 2.45) is 5.92 Å². The number of carbonyl (C=O) groups is 1. The van der Waals surface area contributed by atoms with E-state index in [-0.39, 0.29) is 17.6 Å². The average molecular weight is 315 g/mol. The Kier molecular flexibility index (Phi) is 4.35. The minimum atomic E-state index is -0.369. The molecule has 0 saturated carbocycles. The van der Waals surface area contributed by atoms with E-state index in [2.05, 4.69) is 33.5 Å². The Labute approximate surface area is 114 Å². The van der Waals surface area contributed by atoms with Crippen LogP contribution in [0.4, 0.5) is 10.1 Å². The molecule has 0 aromatic heterocycles. The fraction of sp³-hybridized carbons (Fsp3) is 0.462. The van der Waals surface area contributed by atoms with Gasteiger partial charge in [0, 0.05) is 17.6 Å². The van der Waals surface area contributed by atoms with Crippen LogP contribution in [0.1, 0.15) is 19.8 Å². The van der Waals surface area contributed by atoms with Gasteiger partial charge in [0.2, 0.25) is 5.91 Å². The van der Waals surface area contributed by atoms with Crippen LogP contribution in [0.25, 0.3) is 0 Å². The van der Waals surface area contributed by atoms with Crippen LogP contribution < -0.4 is 10.6 Å². The van der Waals surface area contributed by atoms with Crippen molar-refractivity contribution in [3.63, 3.8) is 0 Å². The topological polar surface area (TPSA) is 41.1 Å². The monoisotopic (exact) mass is 314 g/mol. The first kappa shape index (κ1) is 13.5. The summed E-state index contributed by atoms with van der Waals surface area (Å²) < 4.78 is 13.7. The van der Waals surface area contributed by atoms with E-state index in [0.717, 1.165) is 19.4 Å². The maximum absolute atomic E-state index is 13.3. The van der Waals surface area contributed by atoms with Gasteiger partial charge < -0.3 is 10.6 Å². The first-order chi connectivity index (χ1) is 8.56. The molecular weight excluding hydrogens is 299 g/mol. The van der Waals surface area contributed by atoms with Gasteiger partial charge in [0.25, 0.3) is 0 Å². The van der Waals surface area contributed by atoms with Gasteiger partial charge in [0.15, 0.2) is 0 Å². The average Bonchev–Trinajstić information content (AvgIpc) is 2.34. The molecule has 1 aromatic rings. The van der Waals surface area contributed by atoms with Gasteiger partial charge in [-0.15, -0.1) is 0 Å². The van der Waals surface area contributed by atoms with Crippen LogP contribution >= 0.6 is 15.9 Å².